The van der Waals surface area contributed by atoms with Crippen LogP contribution in [-0.2, 0) is 4.79 Å². The van der Waals surface area contributed by atoms with Gasteiger partial charge in [-0.3, -0.25) is 4.79 Å². The van der Waals surface area contributed by atoms with Crippen molar-refractivity contribution >= 4 is 35.0 Å². The minimum atomic E-state index is -0.443. The number of hydrogen-bond donors (Lipinski definition) is 1. The third-order valence-electron chi connectivity index (χ3n) is 3.79. The molecule has 0 saturated carbocycles. The third kappa shape index (κ3) is 4.40. The molecular weight excluding hydrogens is 386 g/mol. The van der Waals surface area contributed by atoms with Gasteiger partial charge in [-0.1, -0.05) is 41.6 Å². The van der Waals surface area contributed by atoms with Crippen molar-refractivity contribution in [2.45, 2.75) is 24.3 Å². The van der Waals surface area contributed by atoms with E-state index in [1.807, 2.05) is 31.2 Å². The Kier molecular flexibility index (Phi) is 5.98. The highest BCUT2D eigenvalue weighted by Crippen LogP contribution is 2.29. The van der Waals surface area contributed by atoms with Crippen molar-refractivity contribution in [1.29, 1.82) is 0 Å². The molecule has 0 fully saturated rings. The molecule has 140 valence electrons. The predicted octanol–water partition coefficient (Wildman–Crippen LogP) is 3.75. The van der Waals surface area contributed by atoms with Crippen molar-refractivity contribution in [3.05, 3.63) is 53.1 Å². The van der Waals surface area contributed by atoms with Crippen LogP contribution in [0.3, 0.4) is 0 Å². The summed E-state index contributed by atoms with van der Waals surface area (Å²) in [5, 5.41) is 15.2. The molecule has 3 rings (SSSR count). The number of anilines is 1. The minimum absolute atomic E-state index is 0.196. The molecule has 3 aromatic rings. The number of ether oxygens (including phenoxy) is 1. The molecule has 7 nitrogen and oxygen atoms in total. The molecule has 1 atom stereocenters. The van der Waals surface area contributed by atoms with E-state index in [1.165, 1.54) is 11.8 Å². The summed E-state index contributed by atoms with van der Waals surface area (Å²) in [5.74, 6) is 0.446. The molecule has 0 aliphatic carbocycles. The summed E-state index contributed by atoms with van der Waals surface area (Å²) in [7, 11) is 1.59. The van der Waals surface area contributed by atoms with E-state index in [9.17, 15) is 4.79 Å². The molecular formula is C18H18ClN5O2S. The Balaban J connectivity index is 1.79. The zero-order valence-corrected chi connectivity index (χ0v) is 16.6. The Hall–Kier alpha value is -2.58. The second-order valence-corrected chi connectivity index (χ2v) is 7.49. The van der Waals surface area contributed by atoms with Crippen LogP contribution in [-0.4, -0.2) is 38.5 Å². The number of para-hydroxylation sites is 1. The van der Waals surface area contributed by atoms with Gasteiger partial charge in [-0.2, -0.15) is 4.68 Å². The number of halogens is 1. The standard InChI is InChI=1S/C18H18ClN5O2S/c1-11-8-9-16(26-3)15(10-11)24-18(21-22-23-24)27-12(2)17(25)20-14-7-5-4-6-13(14)19/h4-10,12H,1-3H3,(H,20,25)/t12-/m1/s1. The Morgan fingerprint density at radius 2 is 2.07 bits per heavy atom. The van der Waals surface area contributed by atoms with E-state index in [4.69, 9.17) is 16.3 Å². The number of carbonyl (C=O) groups is 1. The molecule has 0 bridgehead atoms. The maximum Gasteiger partial charge on any atom is 0.237 e. The number of aromatic nitrogens is 4. The quantitative estimate of drug-likeness (QED) is 0.631. The van der Waals surface area contributed by atoms with Crippen molar-refractivity contribution < 1.29 is 9.53 Å². The average molecular weight is 404 g/mol. The van der Waals surface area contributed by atoms with Crippen LogP contribution in [0, 0.1) is 6.92 Å². The lowest BCUT2D eigenvalue weighted by Gasteiger charge is -2.14. The van der Waals surface area contributed by atoms with Crippen molar-refractivity contribution in [1.82, 2.24) is 20.2 Å². The number of nitrogens with zero attached hydrogens (tertiary/aromatic N) is 4. The van der Waals surface area contributed by atoms with Crippen LogP contribution in [0.15, 0.2) is 47.6 Å². The summed E-state index contributed by atoms with van der Waals surface area (Å²) in [6, 6.07) is 12.8. The highest BCUT2D eigenvalue weighted by Gasteiger charge is 2.21. The van der Waals surface area contributed by atoms with E-state index in [0.717, 1.165) is 5.56 Å². The Morgan fingerprint density at radius 1 is 1.30 bits per heavy atom. The molecule has 1 amide bonds. The SMILES string of the molecule is COc1ccc(C)cc1-n1nnnc1S[C@H](C)C(=O)Nc1ccccc1Cl. The van der Waals surface area contributed by atoms with Crippen LogP contribution in [0.25, 0.3) is 5.69 Å². The van der Waals surface area contributed by atoms with Gasteiger partial charge >= 0.3 is 0 Å². The van der Waals surface area contributed by atoms with Gasteiger partial charge in [0, 0.05) is 0 Å². The number of carbonyl (C=O) groups excluding carboxylic acids is 1. The fourth-order valence-corrected chi connectivity index (χ4v) is 3.36. The molecule has 0 saturated heterocycles. The first-order valence-electron chi connectivity index (χ1n) is 8.15. The van der Waals surface area contributed by atoms with Crippen molar-refractivity contribution in [2.24, 2.45) is 0 Å². The van der Waals surface area contributed by atoms with Gasteiger partial charge in [-0.25, -0.2) is 0 Å². The second-order valence-electron chi connectivity index (χ2n) is 5.78. The zero-order chi connectivity index (χ0) is 19.4. The van der Waals surface area contributed by atoms with Crippen LogP contribution in [0.1, 0.15) is 12.5 Å². The van der Waals surface area contributed by atoms with Crippen LogP contribution in [0.4, 0.5) is 5.69 Å². The highest BCUT2D eigenvalue weighted by atomic mass is 35.5. The Labute approximate surface area is 166 Å². The summed E-state index contributed by atoms with van der Waals surface area (Å²) in [4.78, 5) is 12.5. The number of amides is 1. The first-order valence-corrected chi connectivity index (χ1v) is 9.41. The van der Waals surface area contributed by atoms with E-state index >= 15 is 0 Å². The van der Waals surface area contributed by atoms with E-state index < -0.39 is 5.25 Å². The van der Waals surface area contributed by atoms with Crippen molar-refractivity contribution in [3.8, 4) is 11.4 Å². The second kappa shape index (κ2) is 8.41. The number of nitrogens with one attached hydrogen (secondary N) is 1. The van der Waals surface area contributed by atoms with Crippen LogP contribution < -0.4 is 10.1 Å². The normalized spacial score (nSPS) is 11.9. The van der Waals surface area contributed by atoms with Gasteiger partial charge in [0.2, 0.25) is 11.1 Å². The molecule has 0 aliphatic rings. The molecule has 2 aromatic carbocycles. The molecule has 1 N–H and O–H groups in total. The van der Waals surface area contributed by atoms with Gasteiger partial charge < -0.3 is 10.1 Å². The van der Waals surface area contributed by atoms with Gasteiger partial charge in [0.25, 0.3) is 0 Å². The van der Waals surface area contributed by atoms with Crippen molar-refractivity contribution in [2.75, 3.05) is 12.4 Å². The van der Waals surface area contributed by atoms with Gasteiger partial charge in [0.1, 0.15) is 11.4 Å². The first-order chi connectivity index (χ1) is 13.0. The molecule has 0 unspecified atom stereocenters. The molecule has 1 heterocycles. The first kappa shape index (κ1) is 19.2. The van der Waals surface area contributed by atoms with E-state index in [2.05, 4.69) is 20.8 Å². The number of hydrogen-bond acceptors (Lipinski definition) is 6. The molecule has 0 spiro atoms. The van der Waals surface area contributed by atoms with Gasteiger partial charge in [-0.05, 0) is 54.1 Å². The fraction of sp³-hybridized carbons (Fsp3) is 0.222. The van der Waals surface area contributed by atoms with E-state index in [-0.39, 0.29) is 5.91 Å². The molecule has 0 radical (unpaired) electrons. The highest BCUT2D eigenvalue weighted by molar-refractivity contribution is 8.00. The number of aryl methyl sites for hydroxylation is 1. The van der Waals surface area contributed by atoms with E-state index in [1.54, 1.807) is 36.9 Å². The summed E-state index contributed by atoms with van der Waals surface area (Å²) in [5.41, 5.74) is 2.32. The van der Waals surface area contributed by atoms with E-state index in [0.29, 0.717) is 27.3 Å². The fourth-order valence-electron chi connectivity index (χ4n) is 2.38. The predicted molar refractivity (Wildman–Crippen MR) is 106 cm³/mol. The zero-order valence-electron chi connectivity index (χ0n) is 15.0. The molecule has 9 heteroatoms. The maximum atomic E-state index is 12.5. The molecule has 0 aliphatic heterocycles. The lowest BCUT2D eigenvalue weighted by molar-refractivity contribution is -0.115. The van der Waals surface area contributed by atoms with Crippen LogP contribution in [0.5, 0.6) is 5.75 Å². The monoisotopic (exact) mass is 403 g/mol. The van der Waals surface area contributed by atoms with Crippen LogP contribution >= 0.6 is 23.4 Å². The number of methoxy groups -OCH3 is 1. The summed E-state index contributed by atoms with van der Waals surface area (Å²) in [6.45, 7) is 3.75. The van der Waals surface area contributed by atoms with Gasteiger partial charge in [-0.15, -0.1) is 5.10 Å². The number of benzene rings is 2. The molecule has 27 heavy (non-hydrogen) atoms. The third-order valence-corrected chi connectivity index (χ3v) is 5.15. The Bertz CT molecular complexity index is 962. The number of thioether (sulfide) groups is 1. The topological polar surface area (TPSA) is 81.9 Å². The summed E-state index contributed by atoms with van der Waals surface area (Å²) < 4.78 is 6.97. The van der Waals surface area contributed by atoms with Crippen LogP contribution in [0.2, 0.25) is 5.02 Å². The maximum absolute atomic E-state index is 12.5. The average Bonchev–Trinajstić information content (AvgIpc) is 3.11. The summed E-state index contributed by atoms with van der Waals surface area (Å²) >= 11 is 7.34. The van der Waals surface area contributed by atoms with Crippen molar-refractivity contribution in [3.63, 3.8) is 0 Å². The lowest BCUT2D eigenvalue weighted by atomic mass is 10.2. The minimum Gasteiger partial charge on any atom is -0.494 e. The van der Waals surface area contributed by atoms with Gasteiger partial charge in [0.05, 0.1) is 23.1 Å². The largest absolute Gasteiger partial charge is 0.494 e. The lowest BCUT2D eigenvalue weighted by Crippen LogP contribution is -2.23. The number of rotatable bonds is 6. The smallest absolute Gasteiger partial charge is 0.237 e. The summed E-state index contributed by atoms with van der Waals surface area (Å²) in [6.07, 6.45) is 0. The molecule has 1 aromatic heterocycles. The van der Waals surface area contributed by atoms with Gasteiger partial charge in [0.15, 0.2) is 0 Å². The Morgan fingerprint density at radius 3 is 2.81 bits per heavy atom. The number of tetrazole rings is 1.